The van der Waals surface area contributed by atoms with E-state index in [9.17, 15) is 4.79 Å². The van der Waals surface area contributed by atoms with E-state index in [1.54, 1.807) is 5.48 Å². The van der Waals surface area contributed by atoms with Crippen LogP contribution in [0.1, 0.15) is 141 Å². The molecule has 0 heterocycles. The molecule has 4 nitrogen and oxygen atoms in total. The molecule has 0 aromatic carbocycles. The van der Waals surface area contributed by atoms with Gasteiger partial charge in [0.2, 0.25) is 5.91 Å². The summed E-state index contributed by atoms with van der Waals surface area (Å²) in [6.07, 6.45) is 28.4. The molecule has 0 saturated heterocycles. The molecule has 0 atom stereocenters. The van der Waals surface area contributed by atoms with Crippen molar-refractivity contribution >= 4 is 35.1 Å². The monoisotopic (exact) mass is 474 g/mol. The molecular formula is C25H50N2O2S2. The largest absolute Gasteiger partial charge is 0.371 e. The summed E-state index contributed by atoms with van der Waals surface area (Å²) < 4.78 is 0.615. The third-order valence-corrected chi connectivity index (χ3v) is 6.28. The minimum atomic E-state index is -0.262. The van der Waals surface area contributed by atoms with E-state index in [1.807, 2.05) is 0 Å². The highest BCUT2D eigenvalue weighted by Gasteiger charge is 1.99. The van der Waals surface area contributed by atoms with E-state index in [0.717, 1.165) is 19.4 Å². The van der Waals surface area contributed by atoms with Crippen molar-refractivity contribution in [3.63, 3.8) is 0 Å². The van der Waals surface area contributed by atoms with E-state index >= 15 is 0 Å². The van der Waals surface area contributed by atoms with Gasteiger partial charge in [0.05, 0.1) is 0 Å². The predicted octanol–water partition coefficient (Wildman–Crippen LogP) is 7.88. The number of hydroxylamine groups is 1. The summed E-state index contributed by atoms with van der Waals surface area (Å²) in [5.41, 5.74) is 1.69. The number of hydrogen-bond acceptors (Lipinski definition) is 3. The first-order valence-corrected chi connectivity index (χ1v) is 13.9. The van der Waals surface area contributed by atoms with Crippen LogP contribution in [0.2, 0.25) is 0 Å². The lowest BCUT2D eigenvalue weighted by Crippen LogP contribution is -2.17. The number of nitrogens with one attached hydrogen (secondary N) is 2. The van der Waals surface area contributed by atoms with E-state index in [-0.39, 0.29) is 5.91 Å². The summed E-state index contributed by atoms with van der Waals surface area (Å²) in [6.45, 7) is 0.971. The Balaban J connectivity index is 3.03. The minimum absolute atomic E-state index is 0.262. The predicted molar refractivity (Wildman–Crippen MR) is 141 cm³/mol. The first-order chi connectivity index (χ1) is 15.2. The van der Waals surface area contributed by atoms with Crippen LogP contribution in [0.3, 0.4) is 0 Å². The van der Waals surface area contributed by atoms with Crippen molar-refractivity contribution in [3.05, 3.63) is 0 Å². The topological polar surface area (TPSA) is 61.4 Å². The number of thiol groups is 1. The molecule has 31 heavy (non-hydrogen) atoms. The standard InChI is InChI=1S/C25H50N2O2S2/c28-24(27-29)22-20-18-16-14-12-10-8-6-4-2-1-3-5-7-9-11-13-15-17-19-21-23-26-25(30)31/h29H,1-23H2,(H,27,28)(H2,26,30,31). The fraction of sp³-hybridized carbons (Fsp3) is 0.920. The van der Waals surface area contributed by atoms with Gasteiger partial charge in [-0.1, -0.05) is 134 Å². The SMILES string of the molecule is O=C(CCCCCCCCCCCCCCCCCCCCCCCNC(=S)S)NO. The molecule has 6 heteroatoms. The fourth-order valence-electron chi connectivity index (χ4n) is 4.02. The number of thiocarbonyl (C=S) groups is 1. The van der Waals surface area contributed by atoms with Gasteiger partial charge in [0.25, 0.3) is 0 Å². The molecular weight excluding hydrogens is 424 g/mol. The normalized spacial score (nSPS) is 10.9. The summed E-state index contributed by atoms with van der Waals surface area (Å²) in [6, 6.07) is 0. The highest BCUT2D eigenvalue weighted by molar-refractivity contribution is 8.11. The molecule has 0 unspecified atom stereocenters. The maximum absolute atomic E-state index is 10.9. The number of carbonyl (C=O) groups excluding carboxylic acids is 1. The third kappa shape index (κ3) is 27.6. The number of hydrogen-bond donors (Lipinski definition) is 4. The molecule has 0 aliphatic heterocycles. The highest BCUT2D eigenvalue weighted by Crippen LogP contribution is 2.15. The van der Waals surface area contributed by atoms with Crippen LogP contribution in [-0.2, 0) is 4.79 Å². The van der Waals surface area contributed by atoms with Gasteiger partial charge in [0.15, 0.2) is 0 Å². The third-order valence-electron chi connectivity index (χ3n) is 5.98. The molecule has 0 radical (unpaired) electrons. The molecule has 1 amide bonds. The Morgan fingerprint density at radius 2 is 0.871 bits per heavy atom. The van der Waals surface area contributed by atoms with Crippen LogP contribution in [0, 0.1) is 0 Å². The van der Waals surface area contributed by atoms with E-state index in [1.165, 1.54) is 122 Å². The lowest BCUT2D eigenvalue weighted by molar-refractivity contribution is -0.129. The second-order valence-electron chi connectivity index (χ2n) is 8.94. The zero-order chi connectivity index (χ0) is 22.8. The van der Waals surface area contributed by atoms with Gasteiger partial charge in [0, 0.05) is 13.0 Å². The molecule has 0 aliphatic carbocycles. The van der Waals surface area contributed by atoms with Crippen molar-refractivity contribution in [2.24, 2.45) is 0 Å². The Morgan fingerprint density at radius 1 is 0.581 bits per heavy atom. The van der Waals surface area contributed by atoms with Crippen molar-refractivity contribution in [1.82, 2.24) is 10.8 Å². The van der Waals surface area contributed by atoms with Crippen LogP contribution in [0.25, 0.3) is 0 Å². The van der Waals surface area contributed by atoms with Gasteiger partial charge < -0.3 is 5.32 Å². The summed E-state index contributed by atoms with van der Waals surface area (Å²) in [4.78, 5) is 10.9. The van der Waals surface area contributed by atoms with Gasteiger partial charge in [-0.05, 0) is 12.8 Å². The number of unbranched alkanes of at least 4 members (excludes halogenated alkanes) is 20. The lowest BCUT2D eigenvalue weighted by atomic mass is 10.0. The van der Waals surface area contributed by atoms with Crippen molar-refractivity contribution in [2.75, 3.05) is 6.54 Å². The van der Waals surface area contributed by atoms with E-state index < -0.39 is 0 Å². The first kappa shape index (κ1) is 30.7. The Hall–Kier alpha value is -0.330. The van der Waals surface area contributed by atoms with Crippen molar-refractivity contribution < 1.29 is 10.0 Å². The Morgan fingerprint density at radius 3 is 1.16 bits per heavy atom. The minimum Gasteiger partial charge on any atom is -0.371 e. The van der Waals surface area contributed by atoms with Crippen LogP contribution in [-0.4, -0.2) is 22.0 Å². The molecule has 0 bridgehead atoms. The van der Waals surface area contributed by atoms with E-state index in [4.69, 9.17) is 17.4 Å². The van der Waals surface area contributed by atoms with Crippen molar-refractivity contribution in [3.8, 4) is 0 Å². The fourth-order valence-corrected chi connectivity index (χ4v) is 4.23. The van der Waals surface area contributed by atoms with Crippen LogP contribution in [0.15, 0.2) is 0 Å². The molecule has 0 fully saturated rings. The molecule has 0 rings (SSSR count). The summed E-state index contributed by atoms with van der Waals surface area (Å²) >= 11 is 8.94. The maximum atomic E-state index is 10.9. The quantitative estimate of drug-likeness (QED) is 0.0378. The number of rotatable bonds is 24. The second kappa shape index (κ2) is 25.9. The van der Waals surface area contributed by atoms with E-state index in [0.29, 0.717) is 10.7 Å². The average Bonchev–Trinajstić information content (AvgIpc) is 2.76. The van der Waals surface area contributed by atoms with Gasteiger partial charge in [-0.25, -0.2) is 5.48 Å². The second-order valence-corrected chi connectivity index (χ2v) is 10.1. The molecule has 0 spiro atoms. The van der Waals surface area contributed by atoms with Gasteiger partial charge in [-0.15, -0.1) is 12.6 Å². The highest BCUT2D eigenvalue weighted by atomic mass is 32.1. The zero-order valence-corrected chi connectivity index (χ0v) is 21.7. The number of amides is 1. The Labute approximate surface area is 203 Å². The van der Waals surface area contributed by atoms with Crippen LogP contribution >= 0.6 is 24.8 Å². The summed E-state index contributed by atoms with van der Waals surface area (Å²) in [7, 11) is 0. The molecule has 3 N–H and O–H groups in total. The molecule has 184 valence electrons. The molecule has 0 aromatic heterocycles. The van der Waals surface area contributed by atoms with Crippen molar-refractivity contribution in [1.29, 1.82) is 0 Å². The summed E-state index contributed by atoms with van der Waals surface area (Å²) in [5, 5.41) is 11.5. The summed E-state index contributed by atoms with van der Waals surface area (Å²) in [5.74, 6) is -0.262. The first-order valence-electron chi connectivity index (χ1n) is 13.1. The Kier molecular flexibility index (Phi) is 25.7. The Bertz CT molecular complexity index is 409. The number of carbonyl (C=O) groups is 1. The van der Waals surface area contributed by atoms with Gasteiger partial charge in [0.1, 0.15) is 4.32 Å². The van der Waals surface area contributed by atoms with Gasteiger partial charge >= 0.3 is 0 Å². The van der Waals surface area contributed by atoms with Crippen LogP contribution in [0.4, 0.5) is 0 Å². The zero-order valence-electron chi connectivity index (χ0n) is 20.0. The van der Waals surface area contributed by atoms with Crippen molar-refractivity contribution in [2.45, 2.75) is 141 Å². The average molecular weight is 475 g/mol. The van der Waals surface area contributed by atoms with Crippen LogP contribution in [0.5, 0.6) is 0 Å². The van der Waals surface area contributed by atoms with Crippen LogP contribution < -0.4 is 10.8 Å². The van der Waals surface area contributed by atoms with Gasteiger partial charge in [-0.3, -0.25) is 10.0 Å². The van der Waals surface area contributed by atoms with Gasteiger partial charge in [-0.2, -0.15) is 0 Å². The van der Waals surface area contributed by atoms with E-state index in [2.05, 4.69) is 17.9 Å². The smallest absolute Gasteiger partial charge is 0.243 e. The molecule has 0 saturated carbocycles. The lowest BCUT2D eigenvalue weighted by Gasteiger charge is -2.05. The molecule has 0 aromatic rings. The molecule has 0 aliphatic rings. The maximum Gasteiger partial charge on any atom is 0.243 e.